The van der Waals surface area contributed by atoms with Crippen LogP contribution in [0.1, 0.15) is 16.8 Å². The van der Waals surface area contributed by atoms with E-state index in [1.807, 2.05) is 24.3 Å². The Morgan fingerprint density at radius 1 is 1.35 bits per heavy atom. The first-order chi connectivity index (χ1) is 9.74. The van der Waals surface area contributed by atoms with E-state index >= 15 is 0 Å². The Kier molecular flexibility index (Phi) is 5.10. The highest BCUT2D eigenvalue weighted by atomic mass is 79.9. The van der Waals surface area contributed by atoms with Gasteiger partial charge in [-0.1, -0.05) is 12.1 Å². The van der Waals surface area contributed by atoms with Gasteiger partial charge in [-0.25, -0.2) is 4.98 Å². The fourth-order valence-corrected chi connectivity index (χ4v) is 2.34. The quantitative estimate of drug-likeness (QED) is 0.914. The summed E-state index contributed by atoms with van der Waals surface area (Å²) in [6, 6.07) is 11.6. The number of hydrogen-bond acceptors (Lipinski definition) is 4. The third-order valence-electron chi connectivity index (χ3n) is 2.81. The van der Waals surface area contributed by atoms with Gasteiger partial charge >= 0.3 is 0 Å². The summed E-state index contributed by atoms with van der Waals surface area (Å²) >= 11 is 3.48. The van der Waals surface area contributed by atoms with Gasteiger partial charge in [-0.2, -0.15) is 5.26 Å². The molecule has 1 aromatic heterocycles. The predicted molar refractivity (Wildman–Crippen MR) is 80.2 cm³/mol. The summed E-state index contributed by atoms with van der Waals surface area (Å²) in [5, 5.41) is 8.98. The zero-order valence-corrected chi connectivity index (χ0v) is 12.4. The Hall–Kier alpha value is -1.90. The van der Waals surface area contributed by atoms with Gasteiger partial charge in [-0.15, -0.1) is 0 Å². The average molecular weight is 332 g/mol. The lowest BCUT2D eigenvalue weighted by atomic mass is 10.1. The van der Waals surface area contributed by atoms with E-state index in [9.17, 15) is 0 Å². The van der Waals surface area contributed by atoms with E-state index in [2.05, 4.69) is 27.0 Å². The van der Waals surface area contributed by atoms with Gasteiger partial charge in [0, 0.05) is 11.8 Å². The van der Waals surface area contributed by atoms with Crippen LogP contribution in [0.4, 0.5) is 0 Å². The number of hydrogen-bond donors (Lipinski definition) is 1. The summed E-state index contributed by atoms with van der Waals surface area (Å²) in [5.41, 5.74) is 7.85. The van der Waals surface area contributed by atoms with E-state index in [0.717, 1.165) is 27.8 Å². The Morgan fingerprint density at radius 3 is 2.90 bits per heavy atom. The minimum absolute atomic E-state index is 0.311. The summed E-state index contributed by atoms with van der Waals surface area (Å²) in [6.45, 7) is 0.930. The maximum atomic E-state index is 8.98. The second-order valence-electron chi connectivity index (χ2n) is 4.22. The number of benzene rings is 1. The normalized spacial score (nSPS) is 10.1. The van der Waals surface area contributed by atoms with Crippen molar-refractivity contribution in [2.75, 3.05) is 6.54 Å². The fraction of sp³-hybridized carbons (Fsp3) is 0.200. The van der Waals surface area contributed by atoms with E-state index in [4.69, 9.17) is 15.7 Å². The van der Waals surface area contributed by atoms with Gasteiger partial charge in [-0.05, 0) is 52.7 Å². The molecule has 20 heavy (non-hydrogen) atoms. The topological polar surface area (TPSA) is 71.9 Å². The van der Waals surface area contributed by atoms with Gasteiger partial charge in [0.2, 0.25) is 0 Å². The van der Waals surface area contributed by atoms with Crippen LogP contribution in [0.5, 0.6) is 5.75 Å². The monoisotopic (exact) mass is 331 g/mol. The van der Waals surface area contributed by atoms with Crippen LogP contribution < -0.4 is 10.5 Å². The number of pyridine rings is 1. The van der Waals surface area contributed by atoms with Crippen molar-refractivity contribution < 1.29 is 4.74 Å². The minimum atomic E-state index is 0.311. The van der Waals surface area contributed by atoms with Crippen LogP contribution in [-0.4, -0.2) is 11.5 Å². The zero-order chi connectivity index (χ0) is 14.4. The van der Waals surface area contributed by atoms with Gasteiger partial charge in [-0.3, -0.25) is 0 Å². The summed E-state index contributed by atoms with van der Waals surface area (Å²) < 4.78 is 6.61. The number of ether oxygens (including phenoxy) is 1. The first kappa shape index (κ1) is 14.5. The third kappa shape index (κ3) is 3.56. The number of halogens is 1. The summed E-state index contributed by atoms with van der Waals surface area (Å²) in [4.78, 5) is 4.00. The van der Waals surface area contributed by atoms with E-state index in [1.165, 1.54) is 0 Å². The lowest BCUT2D eigenvalue weighted by Crippen LogP contribution is -2.03. The molecule has 0 aliphatic rings. The van der Waals surface area contributed by atoms with Crippen molar-refractivity contribution in [2.45, 2.75) is 13.0 Å². The molecule has 4 nitrogen and oxygen atoms in total. The molecule has 0 aliphatic carbocycles. The molecular weight excluding hydrogens is 318 g/mol. The van der Waals surface area contributed by atoms with Crippen molar-refractivity contribution in [3.8, 4) is 11.8 Å². The van der Waals surface area contributed by atoms with Crippen LogP contribution >= 0.6 is 15.9 Å². The molecule has 1 heterocycles. The Morgan fingerprint density at radius 2 is 2.20 bits per heavy atom. The van der Waals surface area contributed by atoms with Gasteiger partial charge in [0.1, 0.15) is 24.1 Å². The van der Waals surface area contributed by atoms with E-state index in [-0.39, 0.29) is 0 Å². The first-order valence-corrected chi connectivity index (χ1v) is 6.99. The van der Waals surface area contributed by atoms with Crippen LogP contribution in [0.2, 0.25) is 0 Å². The second-order valence-corrected chi connectivity index (χ2v) is 5.07. The van der Waals surface area contributed by atoms with E-state index in [0.29, 0.717) is 18.8 Å². The molecular formula is C15H14BrN3O. The highest BCUT2D eigenvalue weighted by Crippen LogP contribution is 2.27. The third-order valence-corrected chi connectivity index (χ3v) is 3.43. The van der Waals surface area contributed by atoms with Crippen LogP contribution in [-0.2, 0) is 13.0 Å². The standard InChI is InChI=1S/C15H14BrN3O/c16-13-8-11(5-6-17)3-4-15(13)20-10-12-2-1-7-19-14(12)9-18/h1-4,7-8H,5-6,10,17H2. The molecule has 0 aliphatic heterocycles. The highest BCUT2D eigenvalue weighted by Gasteiger charge is 2.06. The van der Waals surface area contributed by atoms with Crippen molar-refractivity contribution in [3.05, 3.63) is 57.8 Å². The Labute approximate surface area is 126 Å². The van der Waals surface area contributed by atoms with Crippen LogP contribution in [0.15, 0.2) is 41.0 Å². The fourth-order valence-electron chi connectivity index (χ4n) is 1.79. The van der Waals surface area contributed by atoms with Crippen molar-refractivity contribution in [1.29, 1.82) is 5.26 Å². The number of rotatable bonds is 5. The van der Waals surface area contributed by atoms with E-state index < -0.39 is 0 Å². The van der Waals surface area contributed by atoms with Crippen LogP contribution in [0, 0.1) is 11.3 Å². The van der Waals surface area contributed by atoms with E-state index in [1.54, 1.807) is 12.3 Å². The molecule has 102 valence electrons. The molecule has 5 heteroatoms. The maximum absolute atomic E-state index is 8.98. The molecule has 2 aromatic rings. The van der Waals surface area contributed by atoms with Crippen LogP contribution in [0.3, 0.4) is 0 Å². The molecule has 0 amide bonds. The Bertz CT molecular complexity index is 637. The molecule has 0 saturated carbocycles. The SMILES string of the molecule is N#Cc1ncccc1COc1ccc(CCN)cc1Br. The average Bonchev–Trinajstić information content (AvgIpc) is 2.47. The number of nitrogens with two attached hydrogens (primary N) is 1. The van der Waals surface area contributed by atoms with Gasteiger partial charge < -0.3 is 10.5 Å². The molecule has 0 radical (unpaired) electrons. The van der Waals surface area contributed by atoms with Gasteiger partial charge in [0.05, 0.1) is 4.47 Å². The maximum Gasteiger partial charge on any atom is 0.147 e. The summed E-state index contributed by atoms with van der Waals surface area (Å²) in [5.74, 6) is 0.735. The van der Waals surface area contributed by atoms with Crippen molar-refractivity contribution in [1.82, 2.24) is 4.98 Å². The first-order valence-electron chi connectivity index (χ1n) is 6.20. The molecule has 0 fully saturated rings. The van der Waals surface area contributed by atoms with Gasteiger partial charge in [0.15, 0.2) is 0 Å². The molecule has 1 aromatic carbocycles. The zero-order valence-electron chi connectivity index (χ0n) is 10.8. The smallest absolute Gasteiger partial charge is 0.147 e. The second kappa shape index (κ2) is 7.04. The minimum Gasteiger partial charge on any atom is -0.488 e. The van der Waals surface area contributed by atoms with Crippen molar-refractivity contribution >= 4 is 15.9 Å². The van der Waals surface area contributed by atoms with Crippen molar-refractivity contribution in [3.63, 3.8) is 0 Å². The summed E-state index contributed by atoms with van der Waals surface area (Å²) in [6.07, 6.45) is 2.43. The number of nitrogens with zero attached hydrogens (tertiary/aromatic N) is 2. The molecule has 0 saturated heterocycles. The summed E-state index contributed by atoms with van der Waals surface area (Å²) in [7, 11) is 0. The lowest BCUT2D eigenvalue weighted by Gasteiger charge is -2.10. The molecule has 0 spiro atoms. The van der Waals surface area contributed by atoms with Crippen LogP contribution in [0.25, 0.3) is 0 Å². The lowest BCUT2D eigenvalue weighted by molar-refractivity contribution is 0.303. The van der Waals surface area contributed by atoms with Crippen molar-refractivity contribution in [2.24, 2.45) is 5.73 Å². The molecule has 2 rings (SSSR count). The molecule has 2 N–H and O–H groups in total. The van der Waals surface area contributed by atoms with Gasteiger partial charge in [0.25, 0.3) is 0 Å². The molecule has 0 atom stereocenters. The number of aromatic nitrogens is 1. The predicted octanol–water partition coefficient (Wildman–Crippen LogP) is 2.80. The Balaban J connectivity index is 2.09. The largest absolute Gasteiger partial charge is 0.488 e. The molecule has 0 unspecified atom stereocenters. The number of nitriles is 1. The highest BCUT2D eigenvalue weighted by molar-refractivity contribution is 9.10. The molecule has 0 bridgehead atoms.